The van der Waals surface area contributed by atoms with E-state index >= 15 is 0 Å². The lowest BCUT2D eigenvalue weighted by molar-refractivity contribution is -0.385. The van der Waals surface area contributed by atoms with E-state index in [0.29, 0.717) is 17.1 Å². The van der Waals surface area contributed by atoms with E-state index in [4.69, 9.17) is 4.74 Å². The summed E-state index contributed by atoms with van der Waals surface area (Å²) in [6.07, 6.45) is 0.675. The van der Waals surface area contributed by atoms with Gasteiger partial charge in [-0.25, -0.2) is 0 Å². The lowest BCUT2D eigenvalue weighted by atomic mass is 10.1. The van der Waals surface area contributed by atoms with Crippen molar-refractivity contribution in [2.75, 3.05) is 0 Å². The van der Waals surface area contributed by atoms with E-state index in [1.54, 1.807) is 17.9 Å². The molecule has 2 rings (SSSR count). The van der Waals surface area contributed by atoms with Crippen LogP contribution in [-0.4, -0.2) is 24.8 Å². The van der Waals surface area contributed by atoms with Crippen molar-refractivity contribution in [1.29, 1.82) is 0 Å². The fourth-order valence-electron chi connectivity index (χ4n) is 1.69. The van der Waals surface area contributed by atoms with Gasteiger partial charge in [0.1, 0.15) is 18.7 Å². The smallest absolute Gasteiger partial charge is 0.270 e. The SMILES string of the molecule is C[C@H](O)c1cc([N+](=O)[O-])ccc1OCc1nncn1C. The van der Waals surface area contributed by atoms with E-state index in [0.717, 1.165) is 0 Å². The number of aromatic nitrogens is 3. The molecule has 0 spiro atoms. The Balaban J connectivity index is 2.22. The van der Waals surface area contributed by atoms with Crippen LogP contribution in [-0.2, 0) is 13.7 Å². The predicted molar refractivity (Wildman–Crippen MR) is 69.1 cm³/mol. The third-order valence-corrected chi connectivity index (χ3v) is 2.82. The van der Waals surface area contributed by atoms with E-state index < -0.39 is 11.0 Å². The number of hydrogen-bond donors (Lipinski definition) is 1. The van der Waals surface area contributed by atoms with Gasteiger partial charge in [0.05, 0.1) is 11.0 Å². The molecule has 0 aliphatic carbocycles. The molecule has 1 aromatic carbocycles. The van der Waals surface area contributed by atoms with Gasteiger partial charge in [-0.15, -0.1) is 10.2 Å². The molecule has 0 unspecified atom stereocenters. The number of ether oxygens (including phenoxy) is 1. The number of benzene rings is 1. The lowest BCUT2D eigenvalue weighted by Gasteiger charge is -2.12. The summed E-state index contributed by atoms with van der Waals surface area (Å²) >= 11 is 0. The van der Waals surface area contributed by atoms with E-state index in [1.165, 1.54) is 25.1 Å². The van der Waals surface area contributed by atoms with Gasteiger partial charge in [0.25, 0.3) is 5.69 Å². The summed E-state index contributed by atoms with van der Waals surface area (Å²) in [6, 6.07) is 4.10. The van der Waals surface area contributed by atoms with Gasteiger partial charge in [0.15, 0.2) is 5.82 Å². The number of aliphatic hydroxyl groups excluding tert-OH is 1. The summed E-state index contributed by atoms with van der Waals surface area (Å²) in [7, 11) is 1.78. The first-order valence-electron chi connectivity index (χ1n) is 5.91. The van der Waals surface area contributed by atoms with Crippen LogP contribution >= 0.6 is 0 Å². The minimum atomic E-state index is -0.871. The Bertz CT molecular complexity index is 624. The number of nitro groups is 1. The van der Waals surface area contributed by atoms with Crippen molar-refractivity contribution in [3.8, 4) is 5.75 Å². The molecule has 20 heavy (non-hydrogen) atoms. The molecule has 1 N–H and O–H groups in total. The Morgan fingerprint density at radius 2 is 2.30 bits per heavy atom. The van der Waals surface area contributed by atoms with Crippen molar-refractivity contribution in [3.63, 3.8) is 0 Å². The van der Waals surface area contributed by atoms with Crippen LogP contribution in [0, 0.1) is 10.1 Å². The highest BCUT2D eigenvalue weighted by molar-refractivity contribution is 5.44. The fourth-order valence-corrected chi connectivity index (χ4v) is 1.69. The van der Waals surface area contributed by atoms with Gasteiger partial charge in [-0.2, -0.15) is 0 Å². The molecule has 0 amide bonds. The third kappa shape index (κ3) is 2.91. The zero-order chi connectivity index (χ0) is 14.7. The molecule has 8 nitrogen and oxygen atoms in total. The van der Waals surface area contributed by atoms with Crippen molar-refractivity contribution < 1.29 is 14.8 Å². The van der Waals surface area contributed by atoms with E-state index in [9.17, 15) is 15.2 Å². The monoisotopic (exact) mass is 278 g/mol. The molecular formula is C12H14N4O4. The molecular weight excluding hydrogens is 264 g/mol. The molecule has 106 valence electrons. The molecule has 0 saturated heterocycles. The molecule has 0 aliphatic rings. The summed E-state index contributed by atoms with van der Waals surface area (Å²) in [5.41, 5.74) is 0.272. The Labute approximate surface area is 114 Å². The Morgan fingerprint density at radius 3 is 2.85 bits per heavy atom. The summed E-state index contributed by atoms with van der Waals surface area (Å²) in [4.78, 5) is 10.2. The number of aryl methyl sites for hydroxylation is 1. The zero-order valence-corrected chi connectivity index (χ0v) is 11.1. The highest BCUT2D eigenvalue weighted by Crippen LogP contribution is 2.29. The first kappa shape index (κ1) is 13.9. The predicted octanol–water partition coefficient (Wildman–Crippen LogP) is 1.36. The van der Waals surface area contributed by atoms with Crippen molar-refractivity contribution in [2.45, 2.75) is 19.6 Å². The minimum Gasteiger partial charge on any atom is -0.485 e. The van der Waals surface area contributed by atoms with E-state index in [-0.39, 0.29) is 12.3 Å². The molecule has 1 heterocycles. The molecule has 2 aromatic rings. The maximum Gasteiger partial charge on any atom is 0.270 e. The summed E-state index contributed by atoms with van der Waals surface area (Å²) in [5, 5.41) is 28.0. The van der Waals surface area contributed by atoms with Crippen LogP contribution in [0.3, 0.4) is 0 Å². The molecule has 0 bridgehead atoms. The van der Waals surface area contributed by atoms with Crippen LogP contribution in [0.1, 0.15) is 24.4 Å². The topological polar surface area (TPSA) is 103 Å². The number of aliphatic hydroxyl groups is 1. The van der Waals surface area contributed by atoms with Crippen LogP contribution < -0.4 is 4.74 Å². The summed E-state index contributed by atoms with van der Waals surface area (Å²) in [5.74, 6) is 0.994. The largest absolute Gasteiger partial charge is 0.485 e. The molecule has 0 radical (unpaired) electrons. The molecule has 1 aromatic heterocycles. The second-order valence-electron chi connectivity index (χ2n) is 4.30. The molecule has 8 heteroatoms. The summed E-state index contributed by atoms with van der Waals surface area (Å²) < 4.78 is 7.25. The van der Waals surface area contributed by atoms with Gasteiger partial charge >= 0.3 is 0 Å². The molecule has 0 aliphatic heterocycles. The maximum absolute atomic E-state index is 10.7. The van der Waals surface area contributed by atoms with Gasteiger partial charge in [-0.05, 0) is 13.0 Å². The number of nitrogens with zero attached hydrogens (tertiary/aromatic N) is 4. The number of nitro benzene ring substituents is 1. The van der Waals surface area contributed by atoms with Crippen LogP contribution in [0.2, 0.25) is 0 Å². The second kappa shape index (κ2) is 5.66. The van der Waals surface area contributed by atoms with E-state index in [2.05, 4.69) is 10.2 Å². The average Bonchev–Trinajstić information content (AvgIpc) is 2.81. The van der Waals surface area contributed by atoms with Gasteiger partial charge in [-0.3, -0.25) is 10.1 Å². The first-order chi connectivity index (χ1) is 9.49. The number of hydrogen-bond acceptors (Lipinski definition) is 6. The highest BCUT2D eigenvalue weighted by Gasteiger charge is 2.16. The minimum absolute atomic E-state index is 0.0908. The van der Waals surface area contributed by atoms with Crippen molar-refractivity contribution in [3.05, 3.63) is 46.0 Å². The highest BCUT2D eigenvalue weighted by atomic mass is 16.6. The van der Waals surface area contributed by atoms with Gasteiger partial charge < -0.3 is 14.4 Å². The van der Waals surface area contributed by atoms with Crippen molar-refractivity contribution >= 4 is 5.69 Å². The summed E-state index contributed by atoms with van der Waals surface area (Å²) in [6.45, 7) is 1.68. The van der Waals surface area contributed by atoms with Crippen molar-refractivity contribution in [1.82, 2.24) is 14.8 Å². The normalized spacial score (nSPS) is 12.2. The molecule has 1 atom stereocenters. The van der Waals surface area contributed by atoms with Crippen LogP contribution in [0.4, 0.5) is 5.69 Å². The maximum atomic E-state index is 10.7. The molecule has 0 saturated carbocycles. The third-order valence-electron chi connectivity index (χ3n) is 2.82. The first-order valence-corrected chi connectivity index (χ1v) is 5.91. The van der Waals surface area contributed by atoms with Crippen LogP contribution in [0.5, 0.6) is 5.75 Å². The lowest BCUT2D eigenvalue weighted by Crippen LogP contribution is -2.06. The quantitative estimate of drug-likeness (QED) is 0.654. The van der Waals surface area contributed by atoms with Crippen LogP contribution in [0.15, 0.2) is 24.5 Å². The van der Waals surface area contributed by atoms with Gasteiger partial charge in [0.2, 0.25) is 0 Å². The molecule has 0 fully saturated rings. The zero-order valence-electron chi connectivity index (χ0n) is 11.1. The fraction of sp³-hybridized carbons (Fsp3) is 0.333. The van der Waals surface area contributed by atoms with Crippen LogP contribution in [0.25, 0.3) is 0 Å². The van der Waals surface area contributed by atoms with Gasteiger partial charge in [-0.1, -0.05) is 0 Å². The Hall–Kier alpha value is -2.48. The van der Waals surface area contributed by atoms with Gasteiger partial charge in [0, 0.05) is 24.7 Å². The van der Waals surface area contributed by atoms with E-state index in [1.807, 2.05) is 0 Å². The average molecular weight is 278 g/mol. The Kier molecular flexibility index (Phi) is 3.94. The second-order valence-corrected chi connectivity index (χ2v) is 4.30. The van der Waals surface area contributed by atoms with Crippen molar-refractivity contribution in [2.24, 2.45) is 7.05 Å². The standard InChI is InChI=1S/C12H14N4O4/c1-8(17)10-5-9(16(18)19)3-4-11(10)20-6-12-14-13-7-15(12)2/h3-5,7-8,17H,6H2,1-2H3/t8-/m0/s1. The number of rotatable bonds is 5. The number of non-ortho nitro benzene ring substituents is 1. The Morgan fingerprint density at radius 1 is 1.55 bits per heavy atom.